The Balaban J connectivity index is -0.000000187. The molecule has 0 amide bonds. The number of nitrogens with two attached hydrogens (primary N) is 1. The molecular weight excluding hydrogens is 391 g/mol. The van der Waals surface area contributed by atoms with Crippen molar-refractivity contribution in [3.63, 3.8) is 0 Å². The van der Waals surface area contributed by atoms with Gasteiger partial charge in [0.1, 0.15) is 0 Å². The van der Waals surface area contributed by atoms with Crippen molar-refractivity contribution in [1.29, 1.82) is 0 Å². The van der Waals surface area contributed by atoms with Crippen LogP contribution in [0.4, 0.5) is 0 Å². The summed E-state index contributed by atoms with van der Waals surface area (Å²) in [6.45, 7) is 26.1. The van der Waals surface area contributed by atoms with Gasteiger partial charge in [0.05, 0.1) is 0 Å². The SMILES string of the molecule is C=C.C=C[C-]=C(/C=C\C)C(=[C-]/C=C\C)/C=C\C.CC(C)(C)C(C)(C)N.[Y]. The molecule has 0 heterocycles. The predicted octanol–water partition coefficient (Wildman–Crippen LogP) is 6.93. The minimum atomic E-state index is -0.0625. The first-order valence-corrected chi connectivity index (χ1v) is 8.58. The number of rotatable bonds is 5. The topological polar surface area (TPSA) is 26.0 Å². The Morgan fingerprint density at radius 2 is 1.15 bits per heavy atom. The summed E-state index contributed by atoms with van der Waals surface area (Å²) in [7, 11) is 0. The maximum atomic E-state index is 5.81. The van der Waals surface area contributed by atoms with Gasteiger partial charge in [0.25, 0.3) is 0 Å². The molecule has 0 aliphatic heterocycles. The average molecular weight is 430 g/mol. The summed E-state index contributed by atoms with van der Waals surface area (Å²) in [4.78, 5) is 0. The molecule has 0 saturated carbocycles. The summed E-state index contributed by atoms with van der Waals surface area (Å²) in [5.74, 6) is 0. The third-order valence-corrected chi connectivity index (χ3v) is 3.55. The summed E-state index contributed by atoms with van der Waals surface area (Å²) in [6.07, 6.45) is 19.7. The van der Waals surface area contributed by atoms with Crippen molar-refractivity contribution in [1.82, 2.24) is 0 Å². The summed E-state index contributed by atoms with van der Waals surface area (Å²) in [5.41, 5.74) is 7.96. The normalized spacial score (nSPS) is 13.0. The van der Waals surface area contributed by atoms with Crippen molar-refractivity contribution >= 4 is 0 Å². The number of hydrogen-bond donors (Lipinski definition) is 1. The van der Waals surface area contributed by atoms with E-state index in [9.17, 15) is 0 Å². The van der Waals surface area contributed by atoms with E-state index in [1.54, 1.807) is 6.08 Å². The van der Waals surface area contributed by atoms with E-state index in [0.717, 1.165) is 11.1 Å². The van der Waals surface area contributed by atoms with Gasteiger partial charge in [0.2, 0.25) is 0 Å². The molecule has 26 heavy (non-hydrogen) atoms. The van der Waals surface area contributed by atoms with E-state index in [0.29, 0.717) is 0 Å². The molecule has 1 radical (unpaired) electrons. The molecule has 0 fully saturated rings. The molecule has 0 spiro atoms. The van der Waals surface area contributed by atoms with Gasteiger partial charge >= 0.3 is 0 Å². The minimum absolute atomic E-state index is 0. The zero-order valence-electron chi connectivity index (χ0n) is 18.3. The fourth-order valence-corrected chi connectivity index (χ4v) is 1.05. The van der Waals surface area contributed by atoms with Gasteiger partial charge in [-0.25, -0.2) is 11.1 Å². The molecule has 0 saturated heterocycles. The quantitative estimate of drug-likeness (QED) is 0.286. The molecule has 0 aliphatic carbocycles. The van der Waals surface area contributed by atoms with Gasteiger partial charge in [0, 0.05) is 38.2 Å². The first-order chi connectivity index (χ1) is 11.5. The zero-order valence-corrected chi connectivity index (χ0v) is 21.2. The van der Waals surface area contributed by atoms with Crippen LogP contribution in [-0.4, -0.2) is 5.54 Å². The van der Waals surface area contributed by atoms with Crippen LogP contribution in [0.25, 0.3) is 0 Å². The van der Waals surface area contributed by atoms with Gasteiger partial charge in [-0.2, -0.15) is 49.1 Å². The van der Waals surface area contributed by atoms with Crippen LogP contribution < -0.4 is 5.73 Å². The molecule has 0 aromatic carbocycles. The van der Waals surface area contributed by atoms with Crippen molar-refractivity contribution in [2.45, 2.75) is 60.9 Å². The Hall–Kier alpha value is -0.756. The van der Waals surface area contributed by atoms with E-state index in [1.807, 2.05) is 71.1 Å². The van der Waals surface area contributed by atoms with Gasteiger partial charge < -0.3 is 5.73 Å². The second kappa shape index (κ2) is 19.0. The van der Waals surface area contributed by atoms with E-state index in [1.165, 1.54) is 0 Å². The van der Waals surface area contributed by atoms with Crippen molar-refractivity contribution < 1.29 is 32.7 Å². The molecule has 0 aromatic heterocycles. The summed E-state index contributed by atoms with van der Waals surface area (Å²) in [5, 5.41) is 0. The molecule has 0 rings (SSSR count). The zero-order chi connectivity index (χ0) is 20.5. The van der Waals surface area contributed by atoms with Crippen LogP contribution in [-0.2, 0) is 32.7 Å². The summed E-state index contributed by atoms with van der Waals surface area (Å²) < 4.78 is 0. The Morgan fingerprint density at radius 1 is 0.808 bits per heavy atom. The molecule has 0 unspecified atom stereocenters. The van der Waals surface area contributed by atoms with Gasteiger partial charge in [-0.1, -0.05) is 41.5 Å². The summed E-state index contributed by atoms with van der Waals surface area (Å²) >= 11 is 0. The Bertz CT molecular complexity index is 477. The minimum Gasteiger partial charge on any atom is -0.325 e. The predicted molar refractivity (Wildman–Crippen MR) is 117 cm³/mol. The van der Waals surface area contributed by atoms with Crippen LogP contribution in [0.2, 0.25) is 0 Å². The summed E-state index contributed by atoms with van der Waals surface area (Å²) in [6, 6.07) is 0. The number of hydrogen-bond acceptors (Lipinski definition) is 1. The van der Waals surface area contributed by atoms with Gasteiger partial charge in [-0.3, -0.25) is 0 Å². The van der Waals surface area contributed by atoms with Crippen LogP contribution in [0.1, 0.15) is 55.4 Å². The largest absolute Gasteiger partial charge is 0.325 e. The van der Waals surface area contributed by atoms with Crippen LogP contribution in [0.15, 0.2) is 73.4 Å². The smallest absolute Gasteiger partial charge is 0.0146 e. The third kappa shape index (κ3) is 18.0. The molecule has 2 N–H and O–H groups in total. The molecular formula is C24H39NY-2. The van der Waals surface area contributed by atoms with Crippen molar-refractivity contribution in [3.05, 3.63) is 85.6 Å². The van der Waals surface area contributed by atoms with E-state index < -0.39 is 0 Å². The molecule has 0 bridgehead atoms. The molecule has 0 aliphatic rings. The third-order valence-electron chi connectivity index (χ3n) is 3.55. The van der Waals surface area contributed by atoms with Crippen LogP contribution in [0.5, 0.6) is 0 Å². The van der Waals surface area contributed by atoms with E-state index in [-0.39, 0.29) is 43.7 Å². The van der Waals surface area contributed by atoms with E-state index >= 15 is 0 Å². The first kappa shape index (κ1) is 32.9. The maximum absolute atomic E-state index is 5.81. The Labute approximate surface area is 189 Å². The number of allylic oxidation sites excluding steroid dienone is 11. The van der Waals surface area contributed by atoms with Gasteiger partial charge in [-0.15, -0.1) is 25.3 Å². The van der Waals surface area contributed by atoms with Crippen molar-refractivity contribution in [3.8, 4) is 0 Å². The Kier molecular flexibility index (Phi) is 24.0. The van der Waals surface area contributed by atoms with Crippen molar-refractivity contribution in [2.24, 2.45) is 11.1 Å². The molecule has 1 nitrogen and oxygen atoms in total. The fraction of sp³-hybridized carbons (Fsp3) is 0.417. The second-order valence-corrected chi connectivity index (χ2v) is 6.79. The average Bonchev–Trinajstić information content (AvgIpc) is 2.52. The molecule has 0 aromatic rings. The van der Waals surface area contributed by atoms with Gasteiger partial charge in [-0.05, 0) is 19.3 Å². The van der Waals surface area contributed by atoms with Gasteiger partial charge in [0.15, 0.2) is 0 Å². The second-order valence-electron chi connectivity index (χ2n) is 6.79. The van der Waals surface area contributed by atoms with Crippen molar-refractivity contribution in [2.75, 3.05) is 0 Å². The fourth-order valence-electron chi connectivity index (χ4n) is 1.05. The Morgan fingerprint density at radius 3 is 1.38 bits per heavy atom. The van der Waals surface area contributed by atoms with Crippen LogP contribution in [0.3, 0.4) is 0 Å². The first-order valence-electron chi connectivity index (χ1n) is 8.58. The standard InChI is InChI=1S/C15H18.C7H17N.C2H4.Y/c1-5-9-13-15(12-8-4)14(10-6-2)11-7-3;1-6(2,3)7(4,5)8;1-2;/h5-9,11-12H,2H2,1,3-4H3;8H2,1-5H3;1-2H2;/q-2;;;/b9-5-,11-7-,12-8-;;;. The van der Waals surface area contributed by atoms with E-state index in [2.05, 4.69) is 52.7 Å². The molecule has 2 heteroatoms. The molecule has 145 valence electrons. The monoisotopic (exact) mass is 430 g/mol. The molecule has 0 atom stereocenters. The van der Waals surface area contributed by atoms with E-state index in [4.69, 9.17) is 5.73 Å². The maximum Gasteiger partial charge on any atom is 0.0146 e. The van der Waals surface area contributed by atoms with Crippen LogP contribution in [0, 0.1) is 17.6 Å². The van der Waals surface area contributed by atoms with Crippen LogP contribution >= 0.6 is 0 Å².